The third kappa shape index (κ3) is 5.15. The molecule has 0 spiro atoms. The first-order valence-corrected chi connectivity index (χ1v) is 10.3. The fourth-order valence-electron chi connectivity index (χ4n) is 2.75. The summed E-state index contributed by atoms with van der Waals surface area (Å²) in [5.74, 6) is -0.232. The number of nitrogens with one attached hydrogen (secondary N) is 2. The van der Waals surface area contributed by atoms with Crippen molar-refractivity contribution in [2.24, 2.45) is 0 Å². The van der Waals surface area contributed by atoms with Gasteiger partial charge in [-0.3, -0.25) is 9.52 Å². The Bertz CT molecular complexity index is 1210. The number of ether oxygens (including phenoxy) is 1. The Labute approximate surface area is 176 Å². The number of hydrogen-bond donors (Lipinski definition) is 2. The Morgan fingerprint density at radius 2 is 1.55 bits per heavy atom. The summed E-state index contributed by atoms with van der Waals surface area (Å²) in [4.78, 5) is 12.2. The van der Waals surface area contributed by atoms with Crippen molar-refractivity contribution in [1.82, 2.24) is 0 Å². The molecular weight excluding hydrogens is 433 g/mol. The second-order valence-corrected chi connectivity index (χ2v) is 8.01. The van der Waals surface area contributed by atoms with Gasteiger partial charge in [0.15, 0.2) is 0 Å². The summed E-state index contributed by atoms with van der Waals surface area (Å²) in [6, 6.07) is 15.7. The van der Waals surface area contributed by atoms with Crippen LogP contribution >= 0.6 is 0 Å². The Morgan fingerprint density at radius 1 is 0.903 bits per heavy atom. The molecule has 0 unspecified atom stereocenters. The number of carbonyl (C=O) groups is 1. The highest BCUT2D eigenvalue weighted by atomic mass is 32.2. The molecule has 0 aliphatic rings. The predicted octanol–water partition coefficient (Wildman–Crippen LogP) is 4.77. The molecule has 3 aromatic carbocycles. The summed E-state index contributed by atoms with van der Waals surface area (Å²) in [5, 5.41) is 2.63. The summed E-state index contributed by atoms with van der Waals surface area (Å²) < 4.78 is 71.6. The molecular formula is C21H17F3N2O4S. The zero-order valence-electron chi connectivity index (χ0n) is 16.1. The van der Waals surface area contributed by atoms with E-state index in [0.717, 1.165) is 18.2 Å². The normalized spacial score (nSPS) is 11.6. The largest absolute Gasteiger partial charge is 0.495 e. The van der Waals surface area contributed by atoms with Crippen LogP contribution < -0.4 is 14.8 Å². The molecule has 10 heteroatoms. The Hall–Kier alpha value is -3.53. The minimum absolute atomic E-state index is 0.0241. The number of anilines is 2. The number of para-hydroxylation sites is 3. The van der Waals surface area contributed by atoms with Gasteiger partial charge in [-0.15, -0.1) is 0 Å². The van der Waals surface area contributed by atoms with Crippen molar-refractivity contribution < 1.29 is 31.1 Å². The lowest BCUT2D eigenvalue weighted by molar-refractivity contribution is -0.137. The number of halogens is 3. The van der Waals surface area contributed by atoms with E-state index in [1.807, 2.05) is 0 Å². The SMILES string of the molecule is COc1ccccc1NC(=O)c1ccccc1NS(=O)(=O)c1cccc(C(F)(F)F)c1. The fraction of sp³-hybridized carbons (Fsp3) is 0.0952. The summed E-state index contributed by atoms with van der Waals surface area (Å²) in [6.45, 7) is 0. The maximum Gasteiger partial charge on any atom is 0.416 e. The fourth-order valence-corrected chi connectivity index (χ4v) is 3.88. The van der Waals surface area contributed by atoms with E-state index >= 15 is 0 Å². The van der Waals surface area contributed by atoms with E-state index in [0.29, 0.717) is 17.5 Å². The molecule has 6 nitrogen and oxygen atoms in total. The van der Waals surface area contributed by atoms with Gasteiger partial charge in [0, 0.05) is 0 Å². The van der Waals surface area contributed by atoms with Crippen LogP contribution in [0.15, 0.2) is 77.7 Å². The summed E-state index contributed by atoms with van der Waals surface area (Å²) in [5.41, 5.74) is -0.848. The topological polar surface area (TPSA) is 84.5 Å². The second-order valence-electron chi connectivity index (χ2n) is 6.33. The molecule has 3 rings (SSSR count). The van der Waals surface area contributed by atoms with Crippen LogP contribution in [0.1, 0.15) is 15.9 Å². The molecule has 3 aromatic rings. The summed E-state index contributed by atoms with van der Waals surface area (Å²) in [7, 11) is -2.96. The van der Waals surface area contributed by atoms with E-state index in [9.17, 15) is 26.4 Å². The van der Waals surface area contributed by atoms with Crippen LogP contribution in [-0.2, 0) is 16.2 Å². The van der Waals surface area contributed by atoms with E-state index in [1.54, 1.807) is 24.3 Å². The highest BCUT2D eigenvalue weighted by Crippen LogP contribution is 2.31. The highest BCUT2D eigenvalue weighted by Gasteiger charge is 2.32. The van der Waals surface area contributed by atoms with Gasteiger partial charge in [0.1, 0.15) is 5.75 Å². The average Bonchev–Trinajstić information content (AvgIpc) is 2.73. The first-order valence-electron chi connectivity index (χ1n) is 8.85. The second kappa shape index (κ2) is 8.68. The maximum absolute atomic E-state index is 12.9. The number of methoxy groups -OCH3 is 1. The molecule has 0 aromatic heterocycles. The summed E-state index contributed by atoms with van der Waals surface area (Å²) in [6.07, 6.45) is -4.70. The molecule has 0 aliphatic heterocycles. The lowest BCUT2D eigenvalue weighted by atomic mass is 10.1. The molecule has 0 fully saturated rings. The number of sulfonamides is 1. The van der Waals surface area contributed by atoms with Crippen LogP contribution in [0.3, 0.4) is 0 Å². The van der Waals surface area contributed by atoms with Crippen molar-refractivity contribution >= 4 is 27.3 Å². The van der Waals surface area contributed by atoms with Crippen molar-refractivity contribution in [3.63, 3.8) is 0 Å². The number of alkyl halides is 3. The van der Waals surface area contributed by atoms with Gasteiger partial charge in [-0.2, -0.15) is 13.2 Å². The zero-order valence-corrected chi connectivity index (χ0v) is 16.9. The number of benzene rings is 3. The molecule has 0 atom stereocenters. The molecule has 162 valence electrons. The molecule has 31 heavy (non-hydrogen) atoms. The third-order valence-corrected chi connectivity index (χ3v) is 5.61. The third-order valence-electron chi connectivity index (χ3n) is 4.24. The number of carbonyl (C=O) groups excluding carboxylic acids is 1. The zero-order chi connectivity index (χ0) is 22.6. The van der Waals surface area contributed by atoms with E-state index in [2.05, 4.69) is 10.0 Å². The highest BCUT2D eigenvalue weighted by molar-refractivity contribution is 7.92. The van der Waals surface area contributed by atoms with E-state index in [1.165, 1.54) is 31.4 Å². The van der Waals surface area contributed by atoms with Crippen molar-refractivity contribution in [2.75, 3.05) is 17.1 Å². The van der Waals surface area contributed by atoms with Gasteiger partial charge in [-0.25, -0.2) is 8.42 Å². The Balaban J connectivity index is 1.91. The van der Waals surface area contributed by atoms with Gasteiger partial charge in [0.05, 0.1) is 34.5 Å². The van der Waals surface area contributed by atoms with Gasteiger partial charge in [-0.1, -0.05) is 30.3 Å². The number of rotatable bonds is 6. The molecule has 0 radical (unpaired) electrons. The van der Waals surface area contributed by atoms with Crippen molar-refractivity contribution in [1.29, 1.82) is 0 Å². The monoisotopic (exact) mass is 450 g/mol. The van der Waals surface area contributed by atoms with Gasteiger partial charge in [0.2, 0.25) is 0 Å². The van der Waals surface area contributed by atoms with E-state index < -0.39 is 32.6 Å². The number of hydrogen-bond acceptors (Lipinski definition) is 4. The van der Waals surface area contributed by atoms with Gasteiger partial charge in [0.25, 0.3) is 15.9 Å². The van der Waals surface area contributed by atoms with E-state index in [-0.39, 0.29) is 11.3 Å². The number of amides is 1. The average molecular weight is 450 g/mol. The van der Waals surface area contributed by atoms with Crippen LogP contribution in [0, 0.1) is 0 Å². The van der Waals surface area contributed by atoms with Crippen LogP contribution in [-0.4, -0.2) is 21.4 Å². The smallest absolute Gasteiger partial charge is 0.416 e. The molecule has 0 saturated heterocycles. The van der Waals surface area contributed by atoms with Crippen LogP contribution in [0.25, 0.3) is 0 Å². The molecule has 0 heterocycles. The lowest BCUT2D eigenvalue weighted by Gasteiger charge is -2.15. The van der Waals surface area contributed by atoms with Gasteiger partial charge in [-0.05, 0) is 42.5 Å². The Kier molecular flexibility index (Phi) is 6.21. The Morgan fingerprint density at radius 3 is 2.23 bits per heavy atom. The first kappa shape index (κ1) is 22.2. The van der Waals surface area contributed by atoms with Crippen LogP contribution in [0.2, 0.25) is 0 Å². The summed E-state index contributed by atoms with van der Waals surface area (Å²) >= 11 is 0. The molecule has 0 bridgehead atoms. The van der Waals surface area contributed by atoms with Gasteiger partial charge >= 0.3 is 6.18 Å². The van der Waals surface area contributed by atoms with Crippen LogP contribution in [0.5, 0.6) is 5.75 Å². The quantitative estimate of drug-likeness (QED) is 0.567. The van der Waals surface area contributed by atoms with Crippen molar-refractivity contribution in [2.45, 2.75) is 11.1 Å². The molecule has 1 amide bonds. The first-order chi connectivity index (χ1) is 14.6. The van der Waals surface area contributed by atoms with Crippen molar-refractivity contribution in [3.05, 3.63) is 83.9 Å². The van der Waals surface area contributed by atoms with Crippen molar-refractivity contribution in [3.8, 4) is 5.75 Å². The minimum atomic E-state index is -4.70. The maximum atomic E-state index is 12.9. The molecule has 2 N–H and O–H groups in total. The molecule has 0 aliphatic carbocycles. The lowest BCUT2D eigenvalue weighted by Crippen LogP contribution is -2.19. The predicted molar refractivity (Wildman–Crippen MR) is 110 cm³/mol. The standard InChI is InChI=1S/C21H17F3N2O4S/c1-30-19-12-5-4-11-18(19)25-20(27)16-9-2-3-10-17(16)26-31(28,29)15-8-6-7-14(13-15)21(22,23)24/h2-13,26H,1H3,(H,25,27). The minimum Gasteiger partial charge on any atom is -0.495 e. The van der Waals surface area contributed by atoms with Gasteiger partial charge < -0.3 is 10.1 Å². The molecule has 0 saturated carbocycles. The van der Waals surface area contributed by atoms with Crippen LogP contribution in [0.4, 0.5) is 24.5 Å². The van der Waals surface area contributed by atoms with E-state index in [4.69, 9.17) is 4.74 Å².